The van der Waals surface area contributed by atoms with Gasteiger partial charge in [0.15, 0.2) is 18.1 Å². The lowest BCUT2D eigenvalue weighted by Gasteiger charge is -2.20. The number of nitrogens with zero attached hydrogens (tertiary/aromatic N) is 1. The lowest BCUT2D eigenvalue weighted by Crippen LogP contribution is -2.30. The van der Waals surface area contributed by atoms with Crippen LogP contribution in [-0.2, 0) is 16.1 Å². The summed E-state index contributed by atoms with van der Waals surface area (Å²) < 4.78 is 10.6. The summed E-state index contributed by atoms with van der Waals surface area (Å²) in [5.74, 6) is 0.344. The highest BCUT2D eigenvalue weighted by Crippen LogP contribution is 2.30. The van der Waals surface area contributed by atoms with Gasteiger partial charge >= 0.3 is 0 Å². The third-order valence-electron chi connectivity index (χ3n) is 4.15. The number of ether oxygens (including phenoxy) is 2. The lowest BCUT2D eigenvalue weighted by molar-refractivity contribution is -0.127. The van der Waals surface area contributed by atoms with Gasteiger partial charge in [0.2, 0.25) is 5.91 Å². The Hall–Kier alpha value is -2.80. The molecule has 1 aliphatic carbocycles. The van der Waals surface area contributed by atoms with Crippen molar-refractivity contribution < 1.29 is 19.1 Å². The Labute approximate surface area is 162 Å². The maximum absolute atomic E-state index is 12.7. The summed E-state index contributed by atoms with van der Waals surface area (Å²) in [7, 11) is 1.51. The topological polar surface area (TPSA) is 81.9 Å². The van der Waals surface area contributed by atoms with Crippen LogP contribution < -0.4 is 15.2 Å². The van der Waals surface area contributed by atoms with Crippen LogP contribution in [0.25, 0.3) is 6.08 Å². The number of benzene rings is 1. The van der Waals surface area contributed by atoms with Crippen LogP contribution >= 0.6 is 11.3 Å². The van der Waals surface area contributed by atoms with Crippen molar-refractivity contribution in [3.05, 3.63) is 52.2 Å². The third-order valence-corrected chi connectivity index (χ3v) is 5.01. The lowest BCUT2D eigenvalue weighted by atomic mass is 10.2. The number of amides is 2. The van der Waals surface area contributed by atoms with Gasteiger partial charge in [-0.25, -0.2) is 0 Å². The summed E-state index contributed by atoms with van der Waals surface area (Å²) in [6.07, 6.45) is 5.46. The van der Waals surface area contributed by atoms with E-state index in [4.69, 9.17) is 15.2 Å². The SMILES string of the molecule is COc1cc(/C=C/C(=O)N(Cc2cccs2)C2CC2)ccc1OCC(N)=O. The first-order valence-corrected chi connectivity index (χ1v) is 9.55. The van der Waals surface area contributed by atoms with Gasteiger partial charge in [-0.05, 0) is 48.1 Å². The highest BCUT2D eigenvalue weighted by Gasteiger charge is 2.31. The van der Waals surface area contributed by atoms with Crippen molar-refractivity contribution in [2.75, 3.05) is 13.7 Å². The molecule has 0 aliphatic heterocycles. The second kappa shape index (κ2) is 8.73. The minimum absolute atomic E-state index is 0.000998. The van der Waals surface area contributed by atoms with Gasteiger partial charge in [-0.15, -0.1) is 11.3 Å². The number of rotatable bonds is 9. The Morgan fingerprint density at radius 2 is 2.11 bits per heavy atom. The summed E-state index contributed by atoms with van der Waals surface area (Å²) in [6.45, 7) is 0.428. The fourth-order valence-electron chi connectivity index (χ4n) is 2.66. The molecule has 1 fully saturated rings. The minimum atomic E-state index is -0.558. The summed E-state index contributed by atoms with van der Waals surface area (Å²) >= 11 is 1.66. The molecule has 1 heterocycles. The molecule has 0 atom stereocenters. The first-order valence-electron chi connectivity index (χ1n) is 8.67. The van der Waals surface area contributed by atoms with Crippen molar-refractivity contribution in [3.8, 4) is 11.5 Å². The Bertz CT molecular complexity index is 829. The number of thiophene rings is 1. The smallest absolute Gasteiger partial charge is 0.255 e. The number of hydrogen-bond acceptors (Lipinski definition) is 5. The van der Waals surface area contributed by atoms with Crippen LogP contribution in [0.3, 0.4) is 0 Å². The molecule has 6 nitrogen and oxygen atoms in total. The number of nitrogens with two attached hydrogens (primary N) is 1. The van der Waals surface area contributed by atoms with Gasteiger partial charge in [-0.3, -0.25) is 9.59 Å². The Kier molecular flexibility index (Phi) is 6.13. The predicted octanol–water partition coefficient (Wildman–Crippen LogP) is 2.83. The first kappa shape index (κ1) is 19.0. The number of hydrogen-bond donors (Lipinski definition) is 1. The molecule has 0 spiro atoms. The largest absolute Gasteiger partial charge is 0.493 e. The zero-order valence-electron chi connectivity index (χ0n) is 15.1. The molecular weight excluding hydrogens is 364 g/mol. The van der Waals surface area contributed by atoms with Crippen molar-refractivity contribution in [1.82, 2.24) is 4.90 Å². The molecule has 2 aromatic rings. The molecule has 0 radical (unpaired) electrons. The number of primary amides is 1. The third kappa shape index (κ3) is 5.34. The van der Waals surface area contributed by atoms with Crippen molar-refractivity contribution in [3.63, 3.8) is 0 Å². The van der Waals surface area contributed by atoms with Gasteiger partial charge in [-0.2, -0.15) is 0 Å². The molecule has 27 heavy (non-hydrogen) atoms. The highest BCUT2D eigenvalue weighted by molar-refractivity contribution is 7.09. The number of carbonyl (C=O) groups excluding carboxylic acids is 2. The highest BCUT2D eigenvalue weighted by atomic mass is 32.1. The molecule has 1 saturated carbocycles. The predicted molar refractivity (Wildman–Crippen MR) is 105 cm³/mol. The summed E-state index contributed by atoms with van der Waals surface area (Å²) in [5.41, 5.74) is 5.90. The van der Waals surface area contributed by atoms with Crippen LogP contribution in [0.4, 0.5) is 0 Å². The van der Waals surface area contributed by atoms with E-state index in [-0.39, 0.29) is 12.5 Å². The fourth-order valence-corrected chi connectivity index (χ4v) is 3.37. The van der Waals surface area contributed by atoms with Crippen LogP contribution in [0.1, 0.15) is 23.3 Å². The number of methoxy groups -OCH3 is 1. The van der Waals surface area contributed by atoms with Crippen molar-refractivity contribution >= 4 is 29.2 Å². The maximum atomic E-state index is 12.7. The molecule has 0 bridgehead atoms. The first-order chi connectivity index (χ1) is 13.1. The molecule has 2 N–H and O–H groups in total. The van der Waals surface area contributed by atoms with Gasteiger partial charge in [0.05, 0.1) is 13.7 Å². The summed E-state index contributed by atoms with van der Waals surface area (Å²) in [6, 6.07) is 9.62. The number of carbonyl (C=O) groups is 2. The maximum Gasteiger partial charge on any atom is 0.255 e. The average Bonchev–Trinajstić information content (AvgIpc) is 3.38. The molecule has 3 rings (SSSR count). The average molecular weight is 386 g/mol. The molecule has 1 aliphatic rings. The van der Waals surface area contributed by atoms with E-state index >= 15 is 0 Å². The normalized spacial score (nSPS) is 13.5. The Balaban J connectivity index is 1.68. The van der Waals surface area contributed by atoms with Crippen molar-refractivity contribution in [1.29, 1.82) is 0 Å². The van der Waals surface area contributed by atoms with Crippen LogP contribution in [0.5, 0.6) is 11.5 Å². The molecule has 1 aromatic heterocycles. The molecule has 142 valence electrons. The van der Waals surface area contributed by atoms with E-state index in [2.05, 4.69) is 0 Å². The van der Waals surface area contributed by atoms with Gasteiger partial charge in [0.1, 0.15) is 0 Å². The van der Waals surface area contributed by atoms with Crippen LogP contribution in [-0.4, -0.2) is 36.5 Å². The zero-order chi connectivity index (χ0) is 19.2. The zero-order valence-corrected chi connectivity index (χ0v) is 15.9. The second-order valence-corrected chi connectivity index (χ2v) is 7.31. The Morgan fingerprint density at radius 3 is 2.74 bits per heavy atom. The summed E-state index contributed by atoms with van der Waals surface area (Å²) in [5, 5.41) is 2.02. The van der Waals surface area contributed by atoms with Crippen LogP contribution in [0.2, 0.25) is 0 Å². The van der Waals surface area contributed by atoms with Crippen LogP contribution in [0, 0.1) is 0 Å². The van der Waals surface area contributed by atoms with E-state index in [0.717, 1.165) is 18.4 Å². The van der Waals surface area contributed by atoms with Gasteiger partial charge in [0, 0.05) is 17.0 Å². The van der Waals surface area contributed by atoms with Gasteiger partial charge in [0.25, 0.3) is 5.91 Å². The van der Waals surface area contributed by atoms with E-state index in [9.17, 15) is 9.59 Å². The quantitative estimate of drug-likeness (QED) is 0.672. The molecule has 7 heteroatoms. The van der Waals surface area contributed by atoms with Crippen molar-refractivity contribution in [2.24, 2.45) is 5.73 Å². The molecular formula is C20H22N2O4S. The Morgan fingerprint density at radius 1 is 1.30 bits per heavy atom. The van der Waals surface area contributed by atoms with E-state index in [1.807, 2.05) is 22.4 Å². The standard InChI is InChI=1S/C20H22N2O4S/c1-25-18-11-14(4-8-17(18)26-13-19(21)23)5-9-20(24)22(15-6-7-15)12-16-3-2-10-27-16/h2-5,8-11,15H,6-7,12-13H2,1H3,(H2,21,23)/b9-5+. The van der Waals surface area contributed by atoms with E-state index in [1.54, 1.807) is 41.7 Å². The van der Waals surface area contributed by atoms with E-state index in [0.29, 0.717) is 24.1 Å². The minimum Gasteiger partial charge on any atom is -0.493 e. The van der Waals surface area contributed by atoms with Crippen LogP contribution in [0.15, 0.2) is 41.8 Å². The monoisotopic (exact) mass is 386 g/mol. The van der Waals surface area contributed by atoms with E-state index in [1.165, 1.54) is 12.0 Å². The van der Waals surface area contributed by atoms with Crippen molar-refractivity contribution in [2.45, 2.75) is 25.4 Å². The molecule has 0 unspecified atom stereocenters. The molecule has 2 amide bonds. The second-order valence-electron chi connectivity index (χ2n) is 6.28. The molecule has 0 saturated heterocycles. The summed E-state index contributed by atoms with van der Waals surface area (Å²) in [4.78, 5) is 26.6. The van der Waals surface area contributed by atoms with Gasteiger partial charge in [-0.1, -0.05) is 12.1 Å². The molecule has 1 aromatic carbocycles. The van der Waals surface area contributed by atoms with Gasteiger partial charge < -0.3 is 20.1 Å². The van der Waals surface area contributed by atoms with E-state index < -0.39 is 5.91 Å². The fraction of sp³-hybridized carbons (Fsp3) is 0.300.